The standard InChI is InChI=1S/C16H23ClN4O2/c1-2-20(9-12-5-3-4-6-14(12)17)11-15(22)19-13-7-8-21(10-13)16(18)23/h3-6,13H,2,7-11H2,1H3,(H2,18,23)(H,19,22)/t13-/m1/s1. The molecule has 0 aliphatic carbocycles. The van der Waals surface area contributed by atoms with Gasteiger partial charge in [-0.3, -0.25) is 9.69 Å². The van der Waals surface area contributed by atoms with Gasteiger partial charge in [0.25, 0.3) is 0 Å². The number of likely N-dealkylation sites (N-methyl/N-ethyl adjacent to an activating group) is 1. The van der Waals surface area contributed by atoms with Gasteiger partial charge in [0.1, 0.15) is 0 Å². The highest BCUT2D eigenvalue weighted by Crippen LogP contribution is 2.17. The van der Waals surface area contributed by atoms with E-state index in [4.69, 9.17) is 17.3 Å². The predicted octanol–water partition coefficient (Wildman–Crippen LogP) is 1.43. The first kappa shape index (κ1) is 17.6. The molecule has 0 bridgehead atoms. The summed E-state index contributed by atoms with van der Waals surface area (Å²) in [5.41, 5.74) is 6.25. The minimum Gasteiger partial charge on any atom is -0.351 e. The number of halogens is 1. The van der Waals surface area contributed by atoms with E-state index in [0.29, 0.717) is 31.2 Å². The molecule has 126 valence electrons. The van der Waals surface area contributed by atoms with Crippen LogP contribution in [0.3, 0.4) is 0 Å². The summed E-state index contributed by atoms with van der Waals surface area (Å²) >= 11 is 6.17. The zero-order chi connectivity index (χ0) is 16.8. The molecule has 1 atom stereocenters. The number of carbonyl (C=O) groups is 2. The Morgan fingerprint density at radius 1 is 1.43 bits per heavy atom. The van der Waals surface area contributed by atoms with Crippen molar-refractivity contribution in [3.63, 3.8) is 0 Å². The van der Waals surface area contributed by atoms with E-state index in [1.165, 1.54) is 0 Å². The van der Waals surface area contributed by atoms with Gasteiger partial charge < -0.3 is 16.0 Å². The van der Waals surface area contributed by atoms with Crippen LogP contribution in [0.25, 0.3) is 0 Å². The van der Waals surface area contributed by atoms with Gasteiger partial charge in [0.15, 0.2) is 0 Å². The lowest BCUT2D eigenvalue weighted by Crippen LogP contribution is -2.44. The highest BCUT2D eigenvalue weighted by molar-refractivity contribution is 6.31. The molecule has 1 aromatic rings. The van der Waals surface area contributed by atoms with E-state index < -0.39 is 6.03 Å². The highest BCUT2D eigenvalue weighted by atomic mass is 35.5. The van der Waals surface area contributed by atoms with E-state index in [2.05, 4.69) is 5.32 Å². The molecule has 0 aromatic heterocycles. The summed E-state index contributed by atoms with van der Waals surface area (Å²) in [6.07, 6.45) is 0.741. The smallest absolute Gasteiger partial charge is 0.314 e. The Hall–Kier alpha value is -1.79. The Bertz CT molecular complexity index is 567. The zero-order valence-corrected chi connectivity index (χ0v) is 14.1. The highest BCUT2D eigenvalue weighted by Gasteiger charge is 2.26. The lowest BCUT2D eigenvalue weighted by Gasteiger charge is -2.22. The van der Waals surface area contributed by atoms with Crippen LogP contribution in [0.5, 0.6) is 0 Å². The molecule has 23 heavy (non-hydrogen) atoms. The quantitative estimate of drug-likeness (QED) is 0.823. The van der Waals surface area contributed by atoms with Crippen molar-refractivity contribution in [2.75, 3.05) is 26.2 Å². The van der Waals surface area contributed by atoms with Crippen molar-refractivity contribution in [3.8, 4) is 0 Å². The summed E-state index contributed by atoms with van der Waals surface area (Å²) in [5, 5.41) is 3.67. The molecule has 0 unspecified atom stereocenters. The average molecular weight is 339 g/mol. The van der Waals surface area contributed by atoms with Crippen LogP contribution in [0.15, 0.2) is 24.3 Å². The molecule has 0 saturated carbocycles. The van der Waals surface area contributed by atoms with Gasteiger partial charge >= 0.3 is 6.03 Å². The summed E-state index contributed by atoms with van der Waals surface area (Å²) in [4.78, 5) is 26.9. The molecule has 1 fully saturated rings. The number of benzene rings is 1. The molecule has 0 spiro atoms. The fourth-order valence-corrected chi connectivity index (χ4v) is 2.90. The summed E-state index contributed by atoms with van der Waals surface area (Å²) in [5.74, 6) is -0.0461. The van der Waals surface area contributed by atoms with Crippen molar-refractivity contribution in [3.05, 3.63) is 34.9 Å². The maximum absolute atomic E-state index is 12.2. The molecule has 7 heteroatoms. The number of carbonyl (C=O) groups excluding carboxylic acids is 2. The average Bonchev–Trinajstić information content (AvgIpc) is 2.97. The Morgan fingerprint density at radius 2 is 2.17 bits per heavy atom. The molecule has 2 rings (SSSR count). The van der Waals surface area contributed by atoms with Gasteiger partial charge in [-0.2, -0.15) is 0 Å². The van der Waals surface area contributed by atoms with Crippen LogP contribution in [0.2, 0.25) is 5.02 Å². The van der Waals surface area contributed by atoms with Crippen LogP contribution in [0.1, 0.15) is 18.9 Å². The number of hydrogen-bond acceptors (Lipinski definition) is 3. The number of likely N-dealkylation sites (tertiary alicyclic amines) is 1. The third kappa shape index (κ3) is 5.11. The SMILES string of the molecule is CCN(CC(=O)N[C@@H]1CCN(C(N)=O)C1)Cc1ccccc1Cl. The lowest BCUT2D eigenvalue weighted by atomic mass is 10.2. The zero-order valence-electron chi connectivity index (χ0n) is 13.3. The van der Waals surface area contributed by atoms with Crippen molar-refractivity contribution in [2.24, 2.45) is 5.73 Å². The van der Waals surface area contributed by atoms with Crippen molar-refractivity contribution >= 4 is 23.5 Å². The normalized spacial score (nSPS) is 17.5. The molecule has 1 heterocycles. The van der Waals surface area contributed by atoms with E-state index in [1.807, 2.05) is 36.1 Å². The second kappa shape index (κ2) is 8.17. The number of nitrogens with zero attached hydrogens (tertiary/aromatic N) is 2. The van der Waals surface area contributed by atoms with Crippen molar-refractivity contribution in [2.45, 2.75) is 25.9 Å². The van der Waals surface area contributed by atoms with Gasteiger partial charge in [-0.25, -0.2) is 4.79 Å². The minimum atomic E-state index is -0.435. The minimum absolute atomic E-state index is 0.0194. The summed E-state index contributed by atoms with van der Waals surface area (Å²) in [6.45, 7) is 4.76. The summed E-state index contributed by atoms with van der Waals surface area (Å²) in [7, 11) is 0. The molecule has 1 aliphatic rings. The molecular formula is C16H23ClN4O2. The maximum Gasteiger partial charge on any atom is 0.314 e. The van der Waals surface area contributed by atoms with E-state index in [1.54, 1.807) is 4.90 Å². The molecular weight excluding hydrogens is 316 g/mol. The number of rotatable bonds is 6. The van der Waals surface area contributed by atoms with Crippen molar-refractivity contribution in [1.29, 1.82) is 0 Å². The lowest BCUT2D eigenvalue weighted by molar-refractivity contribution is -0.123. The van der Waals surface area contributed by atoms with Crippen molar-refractivity contribution in [1.82, 2.24) is 15.1 Å². The van der Waals surface area contributed by atoms with E-state index in [-0.39, 0.29) is 11.9 Å². The number of urea groups is 1. The first-order valence-electron chi connectivity index (χ1n) is 7.79. The molecule has 3 amide bonds. The van der Waals surface area contributed by atoms with E-state index >= 15 is 0 Å². The van der Waals surface area contributed by atoms with Crippen LogP contribution in [-0.4, -0.2) is 54.0 Å². The molecule has 0 radical (unpaired) electrons. The van der Waals surface area contributed by atoms with E-state index in [9.17, 15) is 9.59 Å². The van der Waals surface area contributed by atoms with Crippen LogP contribution >= 0.6 is 11.6 Å². The number of amides is 3. The van der Waals surface area contributed by atoms with Gasteiger partial charge in [0.2, 0.25) is 5.91 Å². The fraction of sp³-hybridized carbons (Fsp3) is 0.500. The van der Waals surface area contributed by atoms with Gasteiger partial charge in [-0.15, -0.1) is 0 Å². The van der Waals surface area contributed by atoms with Gasteiger partial charge in [-0.1, -0.05) is 36.7 Å². The first-order chi connectivity index (χ1) is 11.0. The van der Waals surface area contributed by atoms with Crippen LogP contribution < -0.4 is 11.1 Å². The molecule has 1 aromatic carbocycles. The van der Waals surface area contributed by atoms with Gasteiger partial charge in [0.05, 0.1) is 6.54 Å². The number of hydrogen-bond donors (Lipinski definition) is 2. The van der Waals surface area contributed by atoms with Gasteiger partial charge in [-0.05, 0) is 24.6 Å². The van der Waals surface area contributed by atoms with Crippen LogP contribution in [0, 0.1) is 0 Å². The third-order valence-electron chi connectivity index (χ3n) is 4.03. The Balaban J connectivity index is 1.83. The number of nitrogens with two attached hydrogens (primary N) is 1. The predicted molar refractivity (Wildman–Crippen MR) is 90.1 cm³/mol. The Kier molecular flexibility index (Phi) is 6.24. The topological polar surface area (TPSA) is 78.7 Å². The van der Waals surface area contributed by atoms with Crippen LogP contribution in [-0.2, 0) is 11.3 Å². The monoisotopic (exact) mass is 338 g/mol. The van der Waals surface area contributed by atoms with Crippen molar-refractivity contribution < 1.29 is 9.59 Å². The summed E-state index contributed by atoms with van der Waals surface area (Å²) < 4.78 is 0. The maximum atomic E-state index is 12.2. The number of nitrogens with one attached hydrogen (secondary N) is 1. The van der Waals surface area contributed by atoms with E-state index in [0.717, 1.165) is 18.5 Å². The molecule has 3 N–H and O–H groups in total. The Morgan fingerprint density at radius 3 is 2.78 bits per heavy atom. The fourth-order valence-electron chi connectivity index (χ4n) is 2.70. The third-order valence-corrected chi connectivity index (χ3v) is 4.40. The Labute approximate surface area is 141 Å². The molecule has 6 nitrogen and oxygen atoms in total. The number of primary amides is 1. The second-order valence-corrected chi connectivity index (χ2v) is 6.14. The molecule has 1 aliphatic heterocycles. The second-order valence-electron chi connectivity index (χ2n) is 5.73. The van der Waals surface area contributed by atoms with Crippen LogP contribution in [0.4, 0.5) is 4.79 Å². The first-order valence-corrected chi connectivity index (χ1v) is 8.17. The molecule has 1 saturated heterocycles. The van der Waals surface area contributed by atoms with Gasteiger partial charge in [0, 0.05) is 30.7 Å². The largest absolute Gasteiger partial charge is 0.351 e. The summed E-state index contributed by atoms with van der Waals surface area (Å²) in [6, 6.07) is 7.18.